The van der Waals surface area contributed by atoms with Crippen molar-refractivity contribution < 1.29 is 45.9 Å². The zero-order chi connectivity index (χ0) is 36.1. The summed E-state index contributed by atoms with van der Waals surface area (Å²) in [5.74, 6) is -2.76. The molecule has 4 aromatic carbocycles. The summed E-state index contributed by atoms with van der Waals surface area (Å²) in [6.45, 7) is 1.18. The molecule has 4 aromatic rings. The maximum atomic E-state index is 15.3. The molecule has 0 spiro atoms. The lowest BCUT2D eigenvalue weighted by molar-refractivity contribution is -0.354. The second-order valence-corrected chi connectivity index (χ2v) is 15.5. The minimum Gasteiger partial charge on any atom is -0.481 e. The number of amides is 1. The van der Waals surface area contributed by atoms with Crippen molar-refractivity contribution in [2.45, 2.75) is 43.3 Å². The van der Waals surface area contributed by atoms with Gasteiger partial charge in [-0.3, -0.25) is 14.1 Å². The van der Waals surface area contributed by atoms with Crippen molar-refractivity contribution in [3.63, 3.8) is 0 Å². The Morgan fingerprint density at radius 2 is 1.48 bits per heavy atom. The Hall–Kier alpha value is -4.31. The van der Waals surface area contributed by atoms with Crippen molar-refractivity contribution >= 4 is 55.0 Å². The molecule has 0 saturated carbocycles. The van der Waals surface area contributed by atoms with Gasteiger partial charge in [-0.25, -0.2) is 22.5 Å². The predicted octanol–water partition coefficient (Wildman–Crippen LogP) is 5.85. The van der Waals surface area contributed by atoms with E-state index < -0.39 is 56.3 Å². The number of nitrogens with zero attached hydrogens (tertiary/aromatic N) is 2. The molecule has 0 aliphatic carbocycles. The number of carbonyl (C=O) groups excluding carboxylic acids is 1. The normalized spacial score (nSPS) is 13.7. The fourth-order valence-electron chi connectivity index (χ4n) is 5.82. The number of carbonyl (C=O) groups is 2. The van der Waals surface area contributed by atoms with Crippen molar-refractivity contribution in [3.8, 4) is 0 Å². The van der Waals surface area contributed by atoms with E-state index in [0.717, 1.165) is 5.56 Å². The Morgan fingerprint density at radius 1 is 0.860 bits per heavy atom. The van der Waals surface area contributed by atoms with Crippen LogP contribution in [0, 0.1) is 6.92 Å². The number of aliphatic carboxylic acids is 1. The first-order valence-corrected chi connectivity index (χ1v) is 19.0. The molecule has 0 fully saturated rings. The van der Waals surface area contributed by atoms with E-state index in [1.54, 1.807) is 96.8 Å². The van der Waals surface area contributed by atoms with Gasteiger partial charge >= 0.3 is 5.97 Å². The van der Waals surface area contributed by atoms with Gasteiger partial charge in [0.1, 0.15) is 6.61 Å². The van der Waals surface area contributed by atoms with Gasteiger partial charge in [0.2, 0.25) is 5.60 Å². The van der Waals surface area contributed by atoms with Crippen LogP contribution in [0.2, 0.25) is 5.02 Å². The molecule has 1 aliphatic heterocycles. The first-order valence-electron chi connectivity index (χ1n) is 15.6. The quantitative estimate of drug-likeness (QED) is 0.0852. The summed E-state index contributed by atoms with van der Waals surface area (Å²) in [5, 5.41) is 9.83. The number of rotatable bonds is 15. The molecule has 5 rings (SSSR count). The highest BCUT2D eigenvalue weighted by atomic mass is 35.5. The predicted molar refractivity (Wildman–Crippen MR) is 186 cm³/mol. The third kappa shape index (κ3) is 8.01. The SMILES string of the molecule is Cc1ccc(S(=O)(=O)N(CCCC(=O)O)C(=O)C2(OOCc3cccc(Cl)c3)c3ccccc3N(CCCS(=O)(=O)O)c3ccccc32)cc1. The van der Waals surface area contributed by atoms with Crippen LogP contribution in [0.15, 0.2) is 102 Å². The van der Waals surface area contributed by atoms with Gasteiger partial charge < -0.3 is 10.0 Å². The summed E-state index contributed by atoms with van der Waals surface area (Å²) in [5.41, 5.74) is 0.250. The lowest BCUT2D eigenvalue weighted by atomic mass is 9.79. The number of benzene rings is 4. The van der Waals surface area contributed by atoms with Gasteiger partial charge in [0.05, 0.1) is 10.6 Å². The van der Waals surface area contributed by atoms with Crippen molar-refractivity contribution in [1.82, 2.24) is 4.31 Å². The van der Waals surface area contributed by atoms with Gasteiger partial charge in [-0.15, -0.1) is 0 Å². The van der Waals surface area contributed by atoms with Crippen LogP contribution in [0.25, 0.3) is 0 Å². The van der Waals surface area contributed by atoms with Crippen molar-refractivity contribution in [3.05, 3.63) is 124 Å². The van der Waals surface area contributed by atoms with Crippen molar-refractivity contribution in [1.29, 1.82) is 0 Å². The Kier molecular flexibility index (Phi) is 11.3. The van der Waals surface area contributed by atoms with Crippen LogP contribution in [0.5, 0.6) is 0 Å². The monoisotopic (exact) mass is 742 g/mol. The zero-order valence-corrected chi connectivity index (χ0v) is 29.3. The molecule has 12 nitrogen and oxygen atoms in total. The summed E-state index contributed by atoms with van der Waals surface area (Å²) in [4.78, 5) is 40.4. The molecule has 15 heteroatoms. The largest absolute Gasteiger partial charge is 0.481 e. The van der Waals surface area contributed by atoms with Crippen LogP contribution in [-0.4, -0.2) is 61.5 Å². The molecule has 264 valence electrons. The fraction of sp³-hybridized carbons (Fsp3) is 0.257. The average molecular weight is 743 g/mol. The highest BCUT2D eigenvalue weighted by Crippen LogP contribution is 2.51. The molecule has 2 N–H and O–H groups in total. The second-order valence-electron chi connectivity index (χ2n) is 11.7. The molecular weight excluding hydrogens is 708 g/mol. The van der Waals surface area contributed by atoms with Crippen LogP contribution < -0.4 is 4.90 Å². The molecule has 1 aliphatic rings. The molecule has 0 saturated heterocycles. The molecule has 0 unspecified atom stereocenters. The summed E-state index contributed by atoms with van der Waals surface area (Å²) >= 11 is 6.18. The Morgan fingerprint density at radius 3 is 2.06 bits per heavy atom. The highest BCUT2D eigenvalue weighted by Gasteiger charge is 2.55. The molecule has 0 aromatic heterocycles. The van der Waals surface area contributed by atoms with Gasteiger partial charge in [-0.05, 0) is 61.7 Å². The van der Waals surface area contributed by atoms with Crippen LogP contribution in [0.3, 0.4) is 0 Å². The summed E-state index contributed by atoms with van der Waals surface area (Å²) in [7, 11) is -8.88. The molecule has 0 atom stereocenters. The lowest BCUT2D eigenvalue weighted by Gasteiger charge is -2.44. The molecular formula is C35H35ClN2O10S2. The number of fused-ring (bicyclic) bond motifs is 2. The van der Waals surface area contributed by atoms with E-state index in [-0.39, 0.29) is 42.0 Å². The third-order valence-electron chi connectivity index (χ3n) is 8.12. The van der Waals surface area contributed by atoms with Crippen LogP contribution in [-0.2, 0) is 51.7 Å². The molecule has 50 heavy (non-hydrogen) atoms. The smallest absolute Gasteiger partial charge is 0.303 e. The number of hydrogen-bond donors (Lipinski definition) is 2. The van der Waals surface area contributed by atoms with Gasteiger partial charge in [0.15, 0.2) is 0 Å². The maximum absolute atomic E-state index is 15.3. The van der Waals surface area contributed by atoms with E-state index in [1.165, 1.54) is 12.1 Å². The highest BCUT2D eigenvalue weighted by molar-refractivity contribution is 7.89. The molecule has 0 bridgehead atoms. The molecule has 1 heterocycles. The van der Waals surface area contributed by atoms with E-state index >= 15 is 4.79 Å². The van der Waals surface area contributed by atoms with Gasteiger partial charge in [-0.2, -0.15) is 8.42 Å². The van der Waals surface area contributed by atoms with Gasteiger partial charge in [0, 0.05) is 47.0 Å². The number of halogens is 1. The summed E-state index contributed by atoms with van der Waals surface area (Å²) in [6.07, 6.45) is -0.602. The minimum absolute atomic E-state index is 0.0116. The number of sulfonamides is 1. The maximum Gasteiger partial charge on any atom is 0.303 e. The lowest BCUT2D eigenvalue weighted by Crippen LogP contribution is -2.54. The zero-order valence-electron chi connectivity index (χ0n) is 26.9. The van der Waals surface area contributed by atoms with Crippen LogP contribution >= 0.6 is 11.6 Å². The second kappa shape index (κ2) is 15.3. The number of hydrogen-bond acceptors (Lipinski definition) is 9. The first-order chi connectivity index (χ1) is 23.7. The van der Waals surface area contributed by atoms with Crippen LogP contribution in [0.4, 0.5) is 11.4 Å². The number of carboxylic acid groups (broad SMARTS) is 1. The summed E-state index contributed by atoms with van der Waals surface area (Å²) < 4.78 is 62.0. The number of anilines is 2. The Balaban J connectivity index is 1.70. The number of aryl methyl sites for hydroxylation is 1. The van der Waals surface area contributed by atoms with E-state index in [2.05, 4.69) is 0 Å². The topological polar surface area (TPSA) is 168 Å². The van der Waals surface area contributed by atoms with Crippen molar-refractivity contribution in [2.75, 3.05) is 23.7 Å². The standard InChI is InChI=1S/C35H35ClN2O10S2/c1-25-16-18-28(19-17-25)50(45,46)38(21-7-15-33(39)40)34(41)35(48-47-24-26-9-6-10-27(36)23-26)29-11-2-4-13-31(29)37(20-8-22-49(42,43)44)32-14-5-3-12-30(32)35/h2-6,9-14,16-19,23H,7-8,15,20-22,24H2,1H3,(H,39,40)(H,42,43,44). The fourth-order valence-corrected chi connectivity index (χ4v) is 7.98. The van der Waals surface area contributed by atoms with Gasteiger partial charge in [-0.1, -0.05) is 77.8 Å². The average Bonchev–Trinajstić information content (AvgIpc) is 3.07. The summed E-state index contributed by atoms with van der Waals surface area (Å²) in [6, 6.07) is 25.8. The van der Waals surface area contributed by atoms with E-state index in [1.807, 2.05) is 0 Å². The van der Waals surface area contributed by atoms with Crippen molar-refractivity contribution in [2.24, 2.45) is 0 Å². The Labute approximate surface area is 295 Å². The first kappa shape index (κ1) is 37.0. The minimum atomic E-state index is -4.60. The molecule has 0 radical (unpaired) electrons. The van der Waals surface area contributed by atoms with E-state index in [9.17, 15) is 31.3 Å². The molecule has 1 amide bonds. The van der Waals surface area contributed by atoms with E-state index in [0.29, 0.717) is 26.3 Å². The number of carboxylic acids is 1. The van der Waals surface area contributed by atoms with E-state index in [4.69, 9.17) is 21.4 Å². The van der Waals surface area contributed by atoms with Crippen LogP contribution in [0.1, 0.15) is 41.5 Å². The van der Waals surface area contributed by atoms with Gasteiger partial charge in [0.25, 0.3) is 26.0 Å². The third-order valence-corrected chi connectivity index (χ3v) is 11.0. The Bertz CT molecular complexity index is 2040. The number of para-hydroxylation sites is 2.